The van der Waals surface area contributed by atoms with Gasteiger partial charge in [0.25, 0.3) is 5.91 Å². The number of nitrogens with zero attached hydrogens (tertiary/aromatic N) is 5. The fraction of sp³-hybridized carbons (Fsp3) is 0.273. The Morgan fingerprint density at radius 3 is 2.40 bits per heavy atom. The van der Waals surface area contributed by atoms with Crippen LogP contribution in [0.25, 0.3) is 0 Å². The van der Waals surface area contributed by atoms with E-state index in [-0.39, 0.29) is 32.5 Å². The highest BCUT2D eigenvalue weighted by molar-refractivity contribution is 9.10. The second-order valence-electron chi connectivity index (χ2n) is 7.92. The van der Waals surface area contributed by atoms with Gasteiger partial charge in [-0.1, -0.05) is 23.7 Å². The summed E-state index contributed by atoms with van der Waals surface area (Å²) in [4.78, 5) is 47.9. The predicted molar refractivity (Wildman–Crippen MR) is 131 cm³/mol. The van der Waals surface area contributed by atoms with Crippen LogP contribution in [0.2, 0.25) is 5.02 Å². The summed E-state index contributed by atoms with van der Waals surface area (Å²) < 4.78 is 1.20. The molecule has 1 saturated heterocycles. The predicted octanol–water partition coefficient (Wildman–Crippen LogP) is 2.98. The Morgan fingerprint density at radius 1 is 1.14 bits per heavy atom. The molecule has 182 valence electrons. The van der Waals surface area contributed by atoms with Gasteiger partial charge >= 0.3 is 5.97 Å². The van der Waals surface area contributed by atoms with Gasteiger partial charge in [-0.05, 0) is 52.9 Å². The fourth-order valence-electron chi connectivity index (χ4n) is 4.11. The second kappa shape index (κ2) is 10.4. The van der Waals surface area contributed by atoms with Crippen molar-refractivity contribution in [3.63, 3.8) is 0 Å². The summed E-state index contributed by atoms with van der Waals surface area (Å²) in [7, 11) is 0. The Hall–Kier alpha value is -3.51. The van der Waals surface area contributed by atoms with E-state index in [9.17, 15) is 19.5 Å². The van der Waals surface area contributed by atoms with Gasteiger partial charge in [-0.25, -0.2) is 19.4 Å². The molecular weight excluding hydrogens is 542 g/mol. The summed E-state index contributed by atoms with van der Waals surface area (Å²) in [6.45, 7) is 1.13. The average molecular weight is 563 g/mol. The lowest BCUT2D eigenvalue weighted by Gasteiger charge is -2.35. The normalized spacial score (nSPS) is 15.0. The number of nitrogens with one attached hydrogen (secondary N) is 1. The summed E-state index contributed by atoms with van der Waals surface area (Å²) in [6, 6.07) is 7.14. The molecule has 1 aliphatic rings. The van der Waals surface area contributed by atoms with Crippen LogP contribution in [0.4, 0.5) is 11.8 Å². The minimum atomic E-state index is -1.33. The number of aromatic nitrogens is 4. The van der Waals surface area contributed by atoms with Crippen LogP contribution < -0.4 is 16.0 Å². The van der Waals surface area contributed by atoms with E-state index in [0.717, 1.165) is 0 Å². The van der Waals surface area contributed by atoms with Gasteiger partial charge in [-0.15, -0.1) is 0 Å². The van der Waals surface area contributed by atoms with Crippen LogP contribution in [-0.4, -0.2) is 55.7 Å². The Labute approximate surface area is 213 Å². The highest BCUT2D eigenvalue weighted by Crippen LogP contribution is 2.36. The highest BCUT2D eigenvalue weighted by atomic mass is 79.9. The molecule has 0 radical (unpaired) electrons. The largest absolute Gasteiger partial charge is 0.476 e. The molecule has 0 aliphatic carbocycles. The molecule has 35 heavy (non-hydrogen) atoms. The standard InChI is InChI=1S/C22H21BrClN7O4/c23-15-16(21(34)35)29-31(19(15)28-20(33)13-4-1-2-5-14(13)24)17(18(25)32)12-6-10-30(11-7-12)22-26-8-3-9-27-22/h1-5,8-9,12,17H,6-7,10-11H2,(H2,25,32)(H,28,33)(H,34,35). The van der Waals surface area contributed by atoms with E-state index in [2.05, 4.69) is 36.3 Å². The van der Waals surface area contributed by atoms with Crippen LogP contribution >= 0.6 is 27.5 Å². The van der Waals surface area contributed by atoms with Crippen LogP contribution in [0.3, 0.4) is 0 Å². The summed E-state index contributed by atoms with van der Waals surface area (Å²) in [5.74, 6) is -2.29. The third kappa shape index (κ3) is 5.13. The maximum absolute atomic E-state index is 12.9. The minimum Gasteiger partial charge on any atom is -0.476 e. The van der Waals surface area contributed by atoms with Crippen molar-refractivity contribution in [1.82, 2.24) is 19.7 Å². The number of anilines is 2. The van der Waals surface area contributed by atoms with Crippen molar-refractivity contribution in [2.75, 3.05) is 23.3 Å². The van der Waals surface area contributed by atoms with Crippen molar-refractivity contribution < 1.29 is 19.5 Å². The first-order valence-corrected chi connectivity index (χ1v) is 11.8. The zero-order valence-corrected chi connectivity index (χ0v) is 20.6. The van der Waals surface area contributed by atoms with Crippen LogP contribution in [0, 0.1) is 5.92 Å². The number of primary amides is 1. The van der Waals surface area contributed by atoms with Crippen molar-refractivity contribution in [2.45, 2.75) is 18.9 Å². The van der Waals surface area contributed by atoms with Gasteiger partial charge in [-0.3, -0.25) is 9.59 Å². The first-order valence-electron chi connectivity index (χ1n) is 10.7. The summed E-state index contributed by atoms with van der Waals surface area (Å²) in [5, 5.41) is 16.6. The second-order valence-corrected chi connectivity index (χ2v) is 9.12. The van der Waals surface area contributed by atoms with Crippen molar-refractivity contribution in [1.29, 1.82) is 0 Å². The van der Waals surface area contributed by atoms with Crippen LogP contribution in [-0.2, 0) is 4.79 Å². The zero-order valence-electron chi connectivity index (χ0n) is 18.3. The molecule has 0 spiro atoms. The number of amides is 2. The molecule has 0 saturated carbocycles. The SMILES string of the molecule is NC(=O)C(C1CCN(c2ncccn2)CC1)n1nc(C(=O)O)c(Br)c1NC(=O)c1ccccc1Cl. The molecule has 13 heteroatoms. The fourth-order valence-corrected chi connectivity index (χ4v) is 4.86. The molecule has 2 amide bonds. The summed E-state index contributed by atoms with van der Waals surface area (Å²) in [6.07, 6.45) is 4.40. The number of rotatable bonds is 7. The van der Waals surface area contributed by atoms with E-state index in [1.165, 1.54) is 10.7 Å². The van der Waals surface area contributed by atoms with Gasteiger partial charge in [0.15, 0.2) is 5.69 Å². The van der Waals surface area contributed by atoms with E-state index < -0.39 is 23.8 Å². The van der Waals surface area contributed by atoms with Gasteiger partial charge in [-0.2, -0.15) is 5.10 Å². The summed E-state index contributed by atoms with van der Waals surface area (Å²) >= 11 is 9.36. The monoisotopic (exact) mass is 561 g/mol. The molecule has 3 heterocycles. The topological polar surface area (TPSA) is 156 Å². The van der Waals surface area contributed by atoms with Crippen molar-refractivity contribution in [2.24, 2.45) is 11.7 Å². The molecule has 4 N–H and O–H groups in total. The lowest BCUT2D eigenvalue weighted by Crippen LogP contribution is -2.42. The molecule has 1 fully saturated rings. The molecule has 1 atom stereocenters. The van der Waals surface area contributed by atoms with E-state index in [1.807, 2.05) is 4.90 Å². The van der Waals surface area contributed by atoms with E-state index in [4.69, 9.17) is 17.3 Å². The highest BCUT2D eigenvalue weighted by Gasteiger charge is 2.36. The number of hydrogen-bond donors (Lipinski definition) is 3. The molecular formula is C22H21BrClN7O4. The number of benzene rings is 1. The van der Waals surface area contributed by atoms with Crippen molar-refractivity contribution >= 4 is 57.1 Å². The lowest BCUT2D eigenvalue weighted by atomic mass is 9.89. The Kier molecular flexibility index (Phi) is 7.31. The molecule has 1 aliphatic heterocycles. The zero-order chi connectivity index (χ0) is 25.1. The van der Waals surface area contributed by atoms with Crippen LogP contribution in [0.5, 0.6) is 0 Å². The van der Waals surface area contributed by atoms with Crippen molar-refractivity contribution in [3.8, 4) is 0 Å². The van der Waals surface area contributed by atoms with Crippen LogP contribution in [0.15, 0.2) is 47.2 Å². The number of carboxylic acids is 1. The molecule has 2 aromatic heterocycles. The van der Waals surface area contributed by atoms with Gasteiger partial charge in [0.1, 0.15) is 11.9 Å². The Balaban J connectivity index is 1.65. The van der Waals surface area contributed by atoms with Gasteiger partial charge in [0.2, 0.25) is 11.9 Å². The van der Waals surface area contributed by atoms with Gasteiger partial charge < -0.3 is 21.1 Å². The molecule has 4 rings (SSSR count). The van der Waals surface area contributed by atoms with Crippen molar-refractivity contribution in [3.05, 3.63) is 63.5 Å². The van der Waals surface area contributed by atoms with E-state index in [0.29, 0.717) is 31.9 Å². The number of nitrogens with two attached hydrogens (primary N) is 1. The smallest absolute Gasteiger partial charge is 0.357 e. The summed E-state index contributed by atoms with van der Waals surface area (Å²) in [5.41, 5.74) is 5.60. The maximum Gasteiger partial charge on any atom is 0.357 e. The number of carbonyl (C=O) groups is 3. The first kappa shape index (κ1) is 24.6. The average Bonchev–Trinajstić information content (AvgIpc) is 3.16. The molecule has 0 bridgehead atoms. The number of carboxylic acid groups (broad SMARTS) is 1. The molecule has 1 unspecified atom stereocenters. The molecule has 11 nitrogen and oxygen atoms in total. The minimum absolute atomic E-state index is 0.00458. The number of carbonyl (C=O) groups excluding carboxylic acids is 2. The van der Waals surface area contributed by atoms with Crippen LogP contribution in [0.1, 0.15) is 39.7 Å². The van der Waals surface area contributed by atoms with Gasteiger partial charge in [0.05, 0.1) is 15.1 Å². The van der Waals surface area contributed by atoms with Gasteiger partial charge in [0, 0.05) is 25.5 Å². The molecule has 1 aromatic carbocycles. The third-order valence-corrected chi connectivity index (χ3v) is 6.86. The number of aromatic carboxylic acids is 1. The van der Waals surface area contributed by atoms with E-state index >= 15 is 0 Å². The Morgan fingerprint density at radius 2 is 1.80 bits per heavy atom. The van der Waals surface area contributed by atoms with E-state index in [1.54, 1.807) is 36.7 Å². The number of halogens is 2. The lowest BCUT2D eigenvalue weighted by molar-refractivity contribution is -0.123. The maximum atomic E-state index is 12.9. The Bertz CT molecular complexity index is 1260. The molecule has 3 aromatic rings. The quantitative estimate of drug-likeness (QED) is 0.397. The third-order valence-electron chi connectivity index (χ3n) is 5.78. The number of piperidine rings is 1. The first-order chi connectivity index (χ1) is 16.8. The number of hydrogen-bond acceptors (Lipinski definition) is 7.